The average Bonchev–Trinajstić information content (AvgIpc) is 2.37. The Morgan fingerprint density at radius 1 is 1.35 bits per heavy atom. The van der Waals surface area contributed by atoms with E-state index in [0.29, 0.717) is 0 Å². The lowest BCUT2D eigenvalue weighted by Gasteiger charge is -1.97. The molecule has 17 heavy (non-hydrogen) atoms. The Morgan fingerprint density at radius 3 is 2.71 bits per heavy atom. The number of nitrogens with two attached hydrogens (primary N) is 1. The quantitative estimate of drug-likeness (QED) is 0.259. The minimum Gasteiger partial charge on any atom is -0.368 e. The molecule has 0 aliphatic rings. The van der Waals surface area contributed by atoms with Crippen LogP contribution >= 0.6 is 0 Å². The van der Waals surface area contributed by atoms with Gasteiger partial charge in [0.25, 0.3) is 0 Å². The van der Waals surface area contributed by atoms with Crippen LogP contribution in [0.2, 0.25) is 0 Å². The van der Waals surface area contributed by atoms with Crippen molar-refractivity contribution >= 4 is 20.0 Å². The lowest BCUT2D eigenvalue weighted by Crippen LogP contribution is -2.26. The largest absolute Gasteiger partial charge is 0.368 e. The number of benzene rings is 1. The van der Waals surface area contributed by atoms with Gasteiger partial charge in [-0.2, -0.15) is 5.10 Å². The number of aliphatic imine (C=N–C) groups is 1. The van der Waals surface area contributed by atoms with Crippen LogP contribution in [-0.2, 0) is 0 Å². The summed E-state index contributed by atoms with van der Waals surface area (Å²) >= 11 is 0. The predicted octanol–water partition coefficient (Wildman–Crippen LogP) is 0.585. The van der Waals surface area contributed by atoms with E-state index >= 15 is 0 Å². The highest BCUT2D eigenvalue weighted by Gasteiger charge is 1.86. The van der Waals surface area contributed by atoms with Crippen LogP contribution in [0.4, 0.5) is 0 Å². The van der Waals surface area contributed by atoms with E-state index in [1.165, 1.54) is 0 Å². The number of hydrogen-bond donors (Lipinski definition) is 2. The van der Waals surface area contributed by atoms with Gasteiger partial charge in [-0.25, -0.2) is 10.4 Å². The van der Waals surface area contributed by atoms with Gasteiger partial charge in [-0.1, -0.05) is 48.5 Å². The highest BCUT2D eigenvalue weighted by atomic mass is 15.3. The Kier molecular flexibility index (Phi) is 5.30. The van der Waals surface area contributed by atoms with Gasteiger partial charge in [0.2, 0.25) is 5.96 Å². The second kappa shape index (κ2) is 7.06. The third-order valence-electron chi connectivity index (χ3n) is 1.92. The fourth-order valence-corrected chi connectivity index (χ4v) is 0.965. The zero-order valence-electron chi connectivity index (χ0n) is 9.80. The molecule has 0 radical (unpaired) electrons. The Labute approximate surface area is 102 Å². The summed E-state index contributed by atoms with van der Waals surface area (Å²) in [5.41, 5.74) is 10.1. The van der Waals surface area contributed by atoms with Crippen LogP contribution in [0.5, 0.6) is 0 Å². The van der Waals surface area contributed by atoms with E-state index in [1.807, 2.05) is 38.2 Å². The SMILES string of the molecule is B/C(C=C)=C/N=C(\N)N/N=C/c1ccccc1. The molecule has 1 rings (SSSR count). The molecule has 5 heteroatoms. The highest BCUT2D eigenvalue weighted by Crippen LogP contribution is 1.93. The monoisotopic (exact) mass is 226 g/mol. The minimum absolute atomic E-state index is 0.235. The zero-order chi connectivity index (χ0) is 12.5. The summed E-state index contributed by atoms with van der Waals surface area (Å²) in [5, 5.41) is 3.96. The molecule has 86 valence electrons. The number of hydrazone groups is 1. The highest BCUT2D eigenvalue weighted by molar-refractivity contribution is 6.23. The van der Waals surface area contributed by atoms with Crippen LogP contribution in [0.1, 0.15) is 5.56 Å². The molecule has 0 aliphatic carbocycles. The van der Waals surface area contributed by atoms with Crippen LogP contribution in [0.15, 0.2) is 64.8 Å². The van der Waals surface area contributed by atoms with Gasteiger partial charge < -0.3 is 5.73 Å². The molecule has 4 nitrogen and oxygen atoms in total. The zero-order valence-corrected chi connectivity index (χ0v) is 9.80. The van der Waals surface area contributed by atoms with Crippen molar-refractivity contribution in [3.05, 3.63) is 60.2 Å². The second-order valence-corrected chi connectivity index (χ2v) is 3.37. The lowest BCUT2D eigenvalue weighted by atomic mass is 9.98. The summed E-state index contributed by atoms with van der Waals surface area (Å²) in [6, 6.07) is 9.72. The average molecular weight is 226 g/mol. The van der Waals surface area contributed by atoms with E-state index in [1.54, 1.807) is 18.5 Å². The third kappa shape index (κ3) is 5.37. The lowest BCUT2D eigenvalue weighted by molar-refractivity contribution is 1.01. The summed E-state index contributed by atoms with van der Waals surface area (Å²) < 4.78 is 0. The molecule has 1 aromatic rings. The summed E-state index contributed by atoms with van der Waals surface area (Å²) in [4.78, 5) is 3.96. The number of guanidine groups is 1. The van der Waals surface area contributed by atoms with Gasteiger partial charge in [0.1, 0.15) is 7.85 Å². The molecule has 0 aliphatic heterocycles. The number of hydrogen-bond acceptors (Lipinski definition) is 2. The first kappa shape index (κ1) is 12.8. The molecule has 0 aromatic heterocycles. The van der Waals surface area contributed by atoms with E-state index in [-0.39, 0.29) is 5.96 Å². The molecule has 0 saturated carbocycles. The molecule has 0 saturated heterocycles. The molecule has 0 unspecified atom stereocenters. The number of nitrogens with one attached hydrogen (secondary N) is 1. The van der Waals surface area contributed by atoms with Gasteiger partial charge >= 0.3 is 0 Å². The standard InChI is InChI=1S/C12H15BN4/c1-2-11(13)9-15-12(14)17-16-8-10-6-4-3-5-7-10/h2-9H,1,13H2,(H3,14,15,17)/b11-9+,16-8+. The fourth-order valence-electron chi connectivity index (χ4n) is 0.965. The van der Waals surface area contributed by atoms with E-state index in [2.05, 4.69) is 22.1 Å². The van der Waals surface area contributed by atoms with E-state index < -0.39 is 0 Å². The van der Waals surface area contributed by atoms with E-state index in [9.17, 15) is 0 Å². The second-order valence-electron chi connectivity index (χ2n) is 3.37. The van der Waals surface area contributed by atoms with Crippen molar-refractivity contribution in [2.45, 2.75) is 0 Å². The van der Waals surface area contributed by atoms with Crippen molar-refractivity contribution in [1.82, 2.24) is 5.43 Å². The van der Waals surface area contributed by atoms with Gasteiger partial charge in [0.15, 0.2) is 0 Å². The number of allylic oxidation sites excluding steroid dienone is 2. The van der Waals surface area contributed by atoms with Crippen LogP contribution in [0.3, 0.4) is 0 Å². The maximum atomic E-state index is 5.59. The molecule has 0 heterocycles. The maximum Gasteiger partial charge on any atom is 0.214 e. The maximum absolute atomic E-state index is 5.59. The van der Waals surface area contributed by atoms with Crippen molar-refractivity contribution in [1.29, 1.82) is 0 Å². The van der Waals surface area contributed by atoms with Crippen LogP contribution in [0, 0.1) is 0 Å². The molecule has 0 fully saturated rings. The summed E-state index contributed by atoms with van der Waals surface area (Å²) in [6.07, 6.45) is 4.99. The van der Waals surface area contributed by atoms with Crippen molar-refractivity contribution in [2.75, 3.05) is 0 Å². The molecule has 0 spiro atoms. The summed E-state index contributed by atoms with van der Waals surface area (Å²) in [6.45, 7) is 3.61. The van der Waals surface area contributed by atoms with Crippen LogP contribution in [-0.4, -0.2) is 20.0 Å². The van der Waals surface area contributed by atoms with Crippen LogP contribution in [0.25, 0.3) is 0 Å². The third-order valence-corrected chi connectivity index (χ3v) is 1.92. The Morgan fingerprint density at radius 2 is 2.06 bits per heavy atom. The smallest absolute Gasteiger partial charge is 0.214 e. The minimum atomic E-state index is 0.235. The summed E-state index contributed by atoms with van der Waals surface area (Å²) in [7, 11) is 1.89. The topological polar surface area (TPSA) is 62.8 Å². The molecule has 0 amide bonds. The molecular weight excluding hydrogens is 211 g/mol. The molecule has 1 aromatic carbocycles. The van der Waals surface area contributed by atoms with Gasteiger partial charge in [-0.15, -0.1) is 0 Å². The first-order valence-corrected chi connectivity index (χ1v) is 5.19. The predicted molar refractivity (Wildman–Crippen MR) is 75.6 cm³/mol. The normalized spacial score (nSPS) is 12.7. The molecular formula is C12H15BN4. The van der Waals surface area contributed by atoms with Gasteiger partial charge in [-0.05, 0) is 5.56 Å². The first-order valence-electron chi connectivity index (χ1n) is 5.19. The molecule has 0 atom stereocenters. The van der Waals surface area contributed by atoms with Crippen molar-refractivity contribution < 1.29 is 0 Å². The van der Waals surface area contributed by atoms with Gasteiger partial charge in [-0.3, -0.25) is 0 Å². The van der Waals surface area contributed by atoms with E-state index in [0.717, 1.165) is 11.0 Å². The fraction of sp³-hybridized carbons (Fsp3) is 0. The summed E-state index contributed by atoms with van der Waals surface area (Å²) in [5.74, 6) is 0.235. The molecule has 3 N–H and O–H groups in total. The number of rotatable bonds is 4. The van der Waals surface area contributed by atoms with Crippen molar-refractivity contribution in [2.24, 2.45) is 15.8 Å². The Balaban J connectivity index is 2.51. The molecule has 0 bridgehead atoms. The van der Waals surface area contributed by atoms with Crippen molar-refractivity contribution in [3.8, 4) is 0 Å². The van der Waals surface area contributed by atoms with E-state index in [4.69, 9.17) is 5.73 Å². The van der Waals surface area contributed by atoms with Crippen LogP contribution < -0.4 is 11.2 Å². The first-order chi connectivity index (χ1) is 8.22. The van der Waals surface area contributed by atoms with Gasteiger partial charge in [0, 0.05) is 6.20 Å². The number of nitrogens with zero attached hydrogens (tertiary/aromatic N) is 2. The van der Waals surface area contributed by atoms with Crippen molar-refractivity contribution in [3.63, 3.8) is 0 Å². The Bertz CT molecular complexity index is 449. The Hall–Kier alpha value is -2.30. The van der Waals surface area contributed by atoms with Gasteiger partial charge in [0.05, 0.1) is 6.21 Å².